The Morgan fingerprint density at radius 2 is 0.970 bits per heavy atom. The molecule has 0 amide bonds. The van der Waals surface area contributed by atoms with Crippen LogP contribution in [0, 0.1) is 0 Å². The molecule has 0 saturated carbocycles. The molecule has 0 radical (unpaired) electrons. The second-order valence-corrected chi connectivity index (χ2v) is 19.5. The quantitative estimate of drug-likeness (QED) is 0.275. The van der Waals surface area contributed by atoms with Gasteiger partial charge in [-0.05, 0) is 0 Å². The van der Waals surface area contributed by atoms with Crippen LogP contribution in [0.15, 0.2) is 97.3 Å². The van der Waals surface area contributed by atoms with Gasteiger partial charge in [0.2, 0.25) is 0 Å². The van der Waals surface area contributed by atoms with Gasteiger partial charge in [0.1, 0.15) is 0 Å². The van der Waals surface area contributed by atoms with Crippen molar-refractivity contribution in [3.63, 3.8) is 0 Å². The van der Waals surface area contributed by atoms with Gasteiger partial charge in [0, 0.05) is 0 Å². The van der Waals surface area contributed by atoms with E-state index < -0.39 is 18.9 Å². The van der Waals surface area contributed by atoms with Gasteiger partial charge >= 0.3 is 197 Å². The Balaban J connectivity index is 1.70. The van der Waals surface area contributed by atoms with Crippen LogP contribution >= 0.6 is 0 Å². The molecule has 6 aromatic rings. The van der Waals surface area contributed by atoms with Crippen LogP contribution in [0.25, 0.3) is 45.1 Å². The standard InChI is InChI=1S/2C12H8N3.2CH3.Sn/c2*1-2-6-10-9(5-1)14-12(15-10)11-7-3-4-8-13-11;;;/h2*1-8H;2*1H3;/q2*-1;;;+2. The van der Waals surface area contributed by atoms with Crippen LogP contribution in [0.2, 0.25) is 9.88 Å². The maximum atomic E-state index is 5.05. The fourth-order valence-corrected chi connectivity index (χ4v) is 13.5. The molecule has 0 bridgehead atoms. The Bertz CT molecular complexity index is 1470. The molecule has 0 aliphatic heterocycles. The van der Waals surface area contributed by atoms with Gasteiger partial charge < -0.3 is 0 Å². The van der Waals surface area contributed by atoms with E-state index in [2.05, 4.69) is 61.8 Å². The van der Waals surface area contributed by atoms with Crippen LogP contribution in [-0.2, 0) is 0 Å². The predicted octanol–water partition coefficient (Wildman–Crippen LogP) is 5.61. The topological polar surface area (TPSA) is 61.4 Å². The van der Waals surface area contributed by atoms with Gasteiger partial charge in [0.05, 0.1) is 0 Å². The number of imidazole rings is 2. The molecule has 0 atom stereocenters. The number of hydrogen-bond donors (Lipinski definition) is 0. The summed E-state index contributed by atoms with van der Waals surface area (Å²) in [7, 11) is 0. The molecular weight excluding hydrogens is 515 g/mol. The summed E-state index contributed by atoms with van der Waals surface area (Å²) in [6.45, 7) is 0. The number of fused-ring (bicyclic) bond motifs is 2. The molecule has 4 heterocycles. The SMILES string of the molecule is [CH3][Sn]([CH3])([n]1c(-c2ccccn2)nc2ccccc21)[n]1c(-c2ccccn2)nc2ccccc21. The van der Waals surface area contributed by atoms with Crippen LogP contribution < -0.4 is 0 Å². The number of pyridine rings is 2. The van der Waals surface area contributed by atoms with Gasteiger partial charge in [0.25, 0.3) is 0 Å². The Kier molecular flexibility index (Phi) is 4.76. The second kappa shape index (κ2) is 7.81. The molecular formula is C26H22N6Sn. The van der Waals surface area contributed by atoms with Crippen LogP contribution in [0.5, 0.6) is 0 Å². The summed E-state index contributed by atoms with van der Waals surface area (Å²) in [5.41, 5.74) is 5.97. The molecule has 0 spiro atoms. The molecule has 4 aromatic heterocycles. The van der Waals surface area contributed by atoms with E-state index in [1.165, 1.54) is 0 Å². The van der Waals surface area contributed by atoms with Crippen LogP contribution in [0.1, 0.15) is 0 Å². The van der Waals surface area contributed by atoms with E-state index in [9.17, 15) is 0 Å². The number of hydrogen-bond acceptors (Lipinski definition) is 4. The molecule has 0 unspecified atom stereocenters. The van der Waals surface area contributed by atoms with Crippen LogP contribution in [0.4, 0.5) is 0 Å². The molecule has 0 aliphatic rings. The Morgan fingerprint density at radius 3 is 1.39 bits per heavy atom. The summed E-state index contributed by atoms with van der Waals surface area (Å²) in [4.78, 5) is 24.2. The normalized spacial score (nSPS) is 11.9. The number of benzene rings is 2. The Hall–Kier alpha value is -3.52. The average molecular weight is 537 g/mol. The van der Waals surface area contributed by atoms with Crippen LogP contribution in [-0.4, -0.2) is 44.4 Å². The van der Waals surface area contributed by atoms with Gasteiger partial charge in [0.15, 0.2) is 0 Å². The second-order valence-electron chi connectivity index (χ2n) is 8.44. The molecule has 2 aromatic carbocycles. The van der Waals surface area contributed by atoms with Crippen LogP contribution in [0.3, 0.4) is 0 Å². The predicted molar refractivity (Wildman–Crippen MR) is 134 cm³/mol. The van der Waals surface area contributed by atoms with Crippen molar-refractivity contribution in [2.45, 2.75) is 9.88 Å². The summed E-state index contributed by atoms with van der Waals surface area (Å²) in [5, 5.41) is 0. The van der Waals surface area contributed by atoms with Gasteiger partial charge in [-0.15, -0.1) is 0 Å². The van der Waals surface area contributed by atoms with Gasteiger partial charge in [-0.2, -0.15) is 0 Å². The van der Waals surface area contributed by atoms with Gasteiger partial charge in [-0.1, -0.05) is 0 Å². The summed E-state index contributed by atoms with van der Waals surface area (Å²) in [5.74, 6) is 1.81. The first-order valence-corrected chi connectivity index (χ1v) is 19.2. The van der Waals surface area contributed by atoms with Crippen molar-refractivity contribution in [2.24, 2.45) is 0 Å². The third-order valence-corrected chi connectivity index (χ3v) is 14.8. The van der Waals surface area contributed by atoms with Crippen molar-refractivity contribution in [3.05, 3.63) is 97.3 Å². The van der Waals surface area contributed by atoms with Crippen molar-refractivity contribution in [1.82, 2.24) is 25.5 Å². The summed E-state index contributed by atoms with van der Waals surface area (Å²) in [6.07, 6.45) is 3.65. The monoisotopic (exact) mass is 538 g/mol. The zero-order valence-corrected chi connectivity index (χ0v) is 21.3. The van der Waals surface area contributed by atoms with E-state index in [1.807, 2.05) is 60.9 Å². The maximum absolute atomic E-state index is 5.05. The molecule has 6 rings (SSSR count). The van der Waals surface area contributed by atoms with E-state index >= 15 is 0 Å². The Morgan fingerprint density at radius 1 is 0.545 bits per heavy atom. The molecule has 7 heteroatoms. The number of nitrogens with zero attached hydrogens (tertiary/aromatic N) is 6. The molecule has 0 saturated heterocycles. The molecule has 33 heavy (non-hydrogen) atoms. The minimum absolute atomic E-state index is 0.877. The average Bonchev–Trinajstić information content (AvgIpc) is 3.45. The van der Waals surface area contributed by atoms with E-state index in [4.69, 9.17) is 9.97 Å². The van der Waals surface area contributed by atoms with Crippen molar-refractivity contribution in [2.75, 3.05) is 0 Å². The molecule has 0 N–H and O–H groups in total. The summed E-state index contributed by atoms with van der Waals surface area (Å²) >= 11 is -3.49. The zero-order chi connectivity index (χ0) is 22.4. The molecule has 0 aliphatic carbocycles. The van der Waals surface area contributed by atoms with E-state index in [-0.39, 0.29) is 0 Å². The first kappa shape index (κ1) is 20.1. The number of aromatic nitrogens is 6. The Labute approximate surface area is 196 Å². The molecule has 160 valence electrons. The van der Waals surface area contributed by atoms with E-state index in [0.717, 1.165) is 45.1 Å². The third kappa shape index (κ3) is 3.24. The van der Waals surface area contributed by atoms with Gasteiger partial charge in [-0.25, -0.2) is 0 Å². The first-order valence-electron chi connectivity index (χ1n) is 10.9. The number of rotatable bonds is 4. The summed E-state index contributed by atoms with van der Waals surface area (Å²) in [6, 6.07) is 28.7. The molecule has 6 nitrogen and oxygen atoms in total. The van der Waals surface area contributed by atoms with Gasteiger partial charge in [-0.3, -0.25) is 0 Å². The van der Waals surface area contributed by atoms with Crippen molar-refractivity contribution < 1.29 is 0 Å². The van der Waals surface area contributed by atoms with Crippen molar-refractivity contribution in [1.29, 1.82) is 0 Å². The third-order valence-electron chi connectivity index (χ3n) is 6.00. The van der Waals surface area contributed by atoms with Crippen molar-refractivity contribution >= 4 is 41.0 Å². The fraction of sp³-hybridized carbons (Fsp3) is 0.0769. The molecule has 0 fully saturated rings. The minimum atomic E-state index is -3.49. The van der Waals surface area contributed by atoms with Crippen molar-refractivity contribution in [3.8, 4) is 23.0 Å². The summed E-state index contributed by atoms with van der Waals surface area (Å²) < 4.78 is 4.93. The van der Waals surface area contributed by atoms with E-state index in [1.54, 1.807) is 0 Å². The zero-order valence-electron chi connectivity index (χ0n) is 18.4. The number of para-hydroxylation sites is 4. The van der Waals surface area contributed by atoms with E-state index in [0.29, 0.717) is 0 Å². The first-order chi connectivity index (χ1) is 16.1. The fourth-order valence-electron chi connectivity index (χ4n) is 4.59.